The lowest BCUT2D eigenvalue weighted by Crippen LogP contribution is -2.33. The third-order valence-electron chi connectivity index (χ3n) is 1.54. The van der Waals surface area contributed by atoms with Crippen LogP contribution in [0.15, 0.2) is 5.38 Å². The van der Waals surface area contributed by atoms with Gasteiger partial charge in [-0.2, -0.15) is 0 Å². The highest BCUT2D eigenvalue weighted by atomic mass is 32.1. The van der Waals surface area contributed by atoms with Crippen molar-refractivity contribution in [1.82, 2.24) is 10.4 Å². The standard InChI is InChI=1S/C7H11N3OS/c1-4-3-12-7(9-4)5(2)6(11)10-8/h3,5H,8H2,1-2H3,(H,10,11). The fraction of sp³-hybridized carbons (Fsp3) is 0.429. The molecule has 4 nitrogen and oxygen atoms in total. The molecule has 0 fully saturated rings. The van der Waals surface area contributed by atoms with Gasteiger partial charge in [-0.3, -0.25) is 10.2 Å². The van der Waals surface area contributed by atoms with Crippen LogP contribution in [0.3, 0.4) is 0 Å². The fourth-order valence-electron chi connectivity index (χ4n) is 0.808. The van der Waals surface area contributed by atoms with Gasteiger partial charge in [0.25, 0.3) is 0 Å². The smallest absolute Gasteiger partial charge is 0.243 e. The van der Waals surface area contributed by atoms with Gasteiger partial charge in [0, 0.05) is 11.1 Å². The Bertz CT molecular complexity index is 284. The quantitative estimate of drug-likeness (QED) is 0.401. The molecule has 1 atom stereocenters. The predicted molar refractivity (Wildman–Crippen MR) is 47.6 cm³/mol. The van der Waals surface area contributed by atoms with E-state index >= 15 is 0 Å². The van der Waals surface area contributed by atoms with Gasteiger partial charge in [-0.25, -0.2) is 10.8 Å². The molecule has 0 radical (unpaired) electrons. The molecule has 12 heavy (non-hydrogen) atoms. The van der Waals surface area contributed by atoms with Crippen LogP contribution in [0.2, 0.25) is 0 Å². The van der Waals surface area contributed by atoms with Gasteiger partial charge in [-0.1, -0.05) is 0 Å². The van der Waals surface area contributed by atoms with Crippen LogP contribution >= 0.6 is 11.3 Å². The summed E-state index contributed by atoms with van der Waals surface area (Å²) < 4.78 is 0. The Morgan fingerprint density at radius 3 is 2.92 bits per heavy atom. The normalized spacial score (nSPS) is 12.6. The van der Waals surface area contributed by atoms with Gasteiger partial charge in [0.1, 0.15) is 5.01 Å². The highest BCUT2D eigenvalue weighted by Gasteiger charge is 2.16. The van der Waals surface area contributed by atoms with E-state index in [1.54, 1.807) is 6.92 Å². The molecular formula is C7H11N3OS. The van der Waals surface area contributed by atoms with Crippen LogP contribution in [0.1, 0.15) is 23.5 Å². The number of nitrogens with zero attached hydrogens (tertiary/aromatic N) is 1. The molecule has 0 aliphatic carbocycles. The van der Waals surface area contributed by atoms with E-state index in [-0.39, 0.29) is 11.8 Å². The molecule has 0 aliphatic heterocycles. The number of carbonyl (C=O) groups excluding carboxylic acids is 1. The summed E-state index contributed by atoms with van der Waals surface area (Å²) in [6.45, 7) is 3.67. The second-order valence-corrected chi connectivity index (χ2v) is 3.45. The first-order valence-electron chi connectivity index (χ1n) is 3.57. The minimum atomic E-state index is -0.256. The first-order valence-corrected chi connectivity index (χ1v) is 4.45. The van der Waals surface area contributed by atoms with Crippen molar-refractivity contribution in [3.05, 3.63) is 16.1 Å². The topological polar surface area (TPSA) is 68.0 Å². The number of aromatic nitrogens is 1. The van der Waals surface area contributed by atoms with E-state index in [9.17, 15) is 4.79 Å². The molecule has 1 amide bonds. The van der Waals surface area contributed by atoms with Crippen LogP contribution in [0.4, 0.5) is 0 Å². The first-order chi connectivity index (χ1) is 5.65. The predicted octanol–water partition coefficient (Wildman–Crippen LogP) is 0.545. The van der Waals surface area contributed by atoms with E-state index in [1.807, 2.05) is 12.3 Å². The average Bonchev–Trinajstić information content (AvgIpc) is 2.49. The number of hydrogen-bond acceptors (Lipinski definition) is 4. The first kappa shape index (κ1) is 9.15. The Balaban J connectivity index is 2.77. The number of aryl methyl sites for hydroxylation is 1. The van der Waals surface area contributed by atoms with Gasteiger partial charge in [0.15, 0.2) is 0 Å². The minimum Gasteiger partial charge on any atom is -0.294 e. The molecule has 0 bridgehead atoms. The number of thiazole rings is 1. The van der Waals surface area contributed by atoms with Gasteiger partial charge in [-0.05, 0) is 13.8 Å². The highest BCUT2D eigenvalue weighted by Crippen LogP contribution is 2.19. The number of nitrogens with two attached hydrogens (primary N) is 1. The Hall–Kier alpha value is -0.940. The van der Waals surface area contributed by atoms with Crippen LogP contribution in [0.5, 0.6) is 0 Å². The van der Waals surface area contributed by atoms with Crippen LogP contribution in [-0.4, -0.2) is 10.9 Å². The van der Waals surface area contributed by atoms with Gasteiger partial charge < -0.3 is 0 Å². The third-order valence-corrected chi connectivity index (χ3v) is 2.69. The molecule has 1 aromatic heterocycles. The monoisotopic (exact) mass is 185 g/mol. The molecule has 0 saturated carbocycles. The number of hydrogen-bond donors (Lipinski definition) is 2. The van der Waals surface area contributed by atoms with Gasteiger partial charge in [0.2, 0.25) is 5.91 Å². The molecule has 1 heterocycles. The molecule has 0 aliphatic rings. The van der Waals surface area contributed by atoms with Crippen molar-refractivity contribution in [1.29, 1.82) is 0 Å². The Kier molecular flexibility index (Phi) is 2.78. The molecule has 0 spiro atoms. The van der Waals surface area contributed by atoms with Crippen molar-refractivity contribution in [2.24, 2.45) is 5.84 Å². The Labute approximate surface area is 74.8 Å². The SMILES string of the molecule is Cc1csc(C(C)C(=O)NN)n1. The van der Waals surface area contributed by atoms with E-state index in [1.165, 1.54) is 11.3 Å². The molecular weight excluding hydrogens is 174 g/mol. The molecule has 1 unspecified atom stereocenters. The maximum atomic E-state index is 11.1. The summed E-state index contributed by atoms with van der Waals surface area (Å²) in [4.78, 5) is 15.2. The zero-order valence-electron chi connectivity index (χ0n) is 7.00. The molecule has 66 valence electrons. The number of nitrogens with one attached hydrogen (secondary N) is 1. The van der Waals surface area contributed by atoms with Crippen LogP contribution in [0.25, 0.3) is 0 Å². The molecule has 3 N–H and O–H groups in total. The summed E-state index contributed by atoms with van der Waals surface area (Å²) in [7, 11) is 0. The maximum Gasteiger partial charge on any atom is 0.243 e. The third kappa shape index (κ3) is 1.80. The van der Waals surface area contributed by atoms with Gasteiger partial charge in [0.05, 0.1) is 5.92 Å². The number of amides is 1. The lowest BCUT2D eigenvalue weighted by molar-refractivity contribution is -0.122. The minimum absolute atomic E-state index is 0.204. The molecule has 5 heteroatoms. The second kappa shape index (κ2) is 3.64. The zero-order valence-corrected chi connectivity index (χ0v) is 7.81. The van der Waals surface area contributed by atoms with Crippen molar-refractivity contribution in [3.8, 4) is 0 Å². The summed E-state index contributed by atoms with van der Waals surface area (Å²) in [5.74, 6) is 4.53. The van der Waals surface area contributed by atoms with Crippen molar-refractivity contribution < 1.29 is 4.79 Å². The Morgan fingerprint density at radius 2 is 2.50 bits per heavy atom. The molecule has 1 aromatic rings. The molecule has 0 aromatic carbocycles. The van der Waals surface area contributed by atoms with Gasteiger partial charge >= 0.3 is 0 Å². The van der Waals surface area contributed by atoms with Crippen LogP contribution < -0.4 is 11.3 Å². The maximum absolute atomic E-state index is 11.1. The molecule has 0 saturated heterocycles. The van der Waals surface area contributed by atoms with Gasteiger partial charge in [-0.15, -0.1) is 11.3 Å². The van der Waals surface area contributed by atoms with Crippen LogP contribution in [-0.2, 0) is 4.79 Å². The second-order valence-electron chi connectivity index (χ2n) is 2.56. The number of carbonyl (C=O) groups is 1. The van der Waals surface area contributed by atoms with Crippen molar-refractivity contribution in [2.75, 3.05) is 0 Å². The zero-order chi connectivity index (χ0) is 9.14. The lowest BCUT2D eigenvalue weighted by Gasteiger charge is -2.04. The highest BCUT2D eigenvalue weighted by molar-refractivity contribution is 7.09. The van der Waals surface area contributed by atoms with Crippen molar-refractivity contribution in [3.63, 3.8) is 0 Å². The largest absolute Gasteiger partial charge is 0.294 e. The van der Waals surface area contributed by atoms with E-state index in [0.717, 1.165) is 10.7 Å². The van der Waals surface area contributed by atoms with Crippen molar-refractivity contribution in [2.45, 2.75) is 19.8 Å². The number of hydrazine groups is 1. The van der Waals surface area contributed by atoms with Crippen molar-refractivity contribution >= 4 is 17.2 Å². The summed E-state index contributed by atoms with van der Waals surface area (Å²) in [5.41, 5.74) is 3.04. The van der Waals surface area contributed by atoms with E-state index < -0.39 is 0 Å². The summed E-state index contributed by atoms with van der Waals surface area (Å²) in [5, 5.41) is 2.71. The van der Waals surface area contributed by atoms with E-state index in [4.69, 9.17) is 5.84 Å². The summed E-state index contributed by atoms with van der Waals surface area (Å²) in [6, 6.07) is 0. The van der Waals surface area contributed by atoms with E-state index in [2.05, 4.69) is 10.4 Å². The van der Waals surface area contributed by atoms with E-state index in [0.29, 0.717) is 0 Å². The number of rotatable bonds is 2. The Morgan fingerprint density at radius 1 is 1.83 bits per heavy atom. The fourth-order valence-corrected chi connectivity index (χ4v) is 1.66. The van der Waals surface area contributed by atoms with Crippen LogP contribution in [0, 0.1) is 6.92 Å². The lowest BCUT2D eigenvalue weighted by atomic mass is 10.2. The molecule has 1 rings (SSSR count). The summed E-state index contributed by atoms with van der Waals surface area (Å²) >= 11 is 1.47. The average molecular weight is 185 g/mol. The summed E-state index contributed by atoms with van der Waals surface area (Å²) in [6.07, 6.45) is 0.